The number of aromatic nitrogens is 2. The number of benzene rings is 1. The van der Waals surface area contributed by atoms with E-state index >= 15 is 0 Å². The Labute approximate surface area is 123 Å². The first-order chi connectivity index (χ1) is 9.19. The molecule has 0 aliphatic carbocycles. The molecule has 0 aliphatic rings. The summed E-state index contributed by atoms with van der Waals surface area (Å²) < 4.78 is 18.9. The van der Waals surface area contributed by atoms with Crippen molar-refractivity contribution in [2.45, 2.75) is 6.54 Å². The molecule has 2 aromatic rings. The van der Waals surface area contributed by atoms with E-state index < -0.39 is 0 Å². The van der Waals surface area contributed by atoms with Gasteiger partial charge in [0.15, 0.2) is 0 Å². The van der Waals surface area contributed by atoms with Crippen molar-refractivity contribution in [3.63, 3.8) is 0 Å². The lowest BCUT2D eigenvalue weighted by Gasteiger charge is -1.99. The number of methoxy groups -OCH3 is 1. The number of ether oxygens (including phenoxy) is 1. The van der Waals surface area contributed by atoms with E-state index in [-0.39, 0.29) is 5.82 Å². The zero-order valence-electron chi connectivity index (χ0n) is 10.3. The van der Waals surface area contributed by atoms with Crippen LogP contribution >= 0.6 is 27.3 Å². The molecule has 2 rings (SSSR count). The maximum atomic E-state index is 13.3. The highest BCUT2D eigenvalue weighted by Crippen LogP contribution is 2.27. The van der Waals surface area contributed by atoms with Crippen LogP contribution in [0.5, 0.6) is 0 Å². The molecule has 0 atom stereocenters. The van der Waals surface area contributed by atoms with Crippen molar-refractivity contribution in [3.05, 3.63) is 33.5 Å². The molecule has 0 spiro atoms. The SMILES string of the molecule is COCCNCc1nnc(-c2cc(F)cc(Br)c2)s1. The third kappa shape index (κ3) is 4.31. The maximum absolute atomic E-state index is 13.3. The van der Waals surface area contributed by atoms with Gasteiger partial charge in [0.05, 0.1) is 6.61 Å². The summed E-state index contributed by atoms with van der Waals surface area (Å²) in [5.74, 6) is -0.292. The van der Waals surface area contributed by atoms with Gasteiger partial charge in [0.1, 0.15) is 15.8 Å². The molecule has 0 amide bonds. The lowest BCUT2D eigenvalue weighted by Crippen LogP contribution is -2.18. The fourth-order valence-corrected chi connectivity index (χ4v) is 2.75. The molecule has 0 fully saturated rings. The molecule has 1 heterocycles. The first-order valence-corrected chi connectivity index (χ1v) is 7.28. The summed E-state index contributed by atoms with van der Waals surface area (Å²) in [4.78, 5) is 0. The standard InChI is InChI=1S/C12H13BrFN3OS/c1-18-3-2-15-7-11-16-17-12(19-11)8-4-9(13)6-10(14)5-8/h4-6,15H,2-3,7H2,1H3. The predicted molar refractivity (Wildman–Crippen MR) is 76.6 cm³/mol. The van der Waals surface area contributed by atoms with E-state index in [2.05, 4.69) is 31.4 Å². The second-order valence-electron chi connectivity index (χ2n) is 3.83. The Hall–Kier alpha value is -0.890. The van der Waals surface area contributed by atoms with Crippen LogP contribution in [0.4, 0.5) is 4.39 Å². The largest absolute Gasteiger partial charge is 0.383 e. The summed E-state index contributed by atoms with van der Waals surface area (Å²) >= 11 is 4.71. The van der Waals surface area contributed by atoms with Crippen molar-refractivity contribution in [2.75, 3.05) is 20.3 Å². The molecule has 1 aromatic heterocycles. The molecule has 1 N–H and O–H groups in total. The number of nitrogens with one attached hydrogen (secondary N) is 1. The fourth-order valence-electron chi connectivity index (χ4n) is 1.49. The van der Waals surface area contributed by atoms with Gasteiger partial charge in [0.2, 0.25) is 0 Å². The molecular weight excluding hydrogens is 333 g/mol. The quantitative estimate of drug-likeness (QED) is 0.817. The van der Waals surface area contributed by atoms with E-state index in [9.17, 15) is 4.39 Å². The fraction of sp³-hybridized carbons (Fsp3) is 0.333. The summed E-state index contributed by atoms with van der Waals surface area (Å²) in [6, 6.07) is 4.69. The highest BCUT2D eigenvalue weighted by molar-refractivity contribution is 9.10. The van der Waals surface area contributed by atoms with E-state index in [1.165, 1.54) is 23.5 Å². The van der Waals surface area contributed by atoms with Gasteiger partial charge in [-0.1, -0.05) is 27.3 Å². The van der Waals surface area contributed by atoms with Gasteiger partial charge < -0.3 is 10.1 Å². The van der Waals surface area contributed by atoms with Gasteiger partial charge in [-0.2, -0.15) is 0 Å². The zero-order valence-corrected chi connectivity index (χ0v) is 12.7. The predicted octanol–water partition coefficient (Wildman–Crippen LogP) is 2.84. The molecule has 0 saturated heterocycles. The van der Waals surface area contributed by atoms with Crippen LogP contribution in [0.15, 0.2) is 22.7 Å². The van der Waals surface area contributed by atoms with Gasteiger partial charge in [0, 0.05) is 30.2 Å². The van der Waals surface area contributed by atoms with Crippen molar-refractivity contribution in [1.29, 1.82) is 0 Å². The summed E-state index contributed by atoms with van der Waals surface area (Å²) in [6.07, 6.45) is 0. The maximum Gasteiger partial charge on any atom is 0.147 e. The lowest BCUT2D eigenvalue weighted by molar-refractivity contribution is 0.199. The minimum Gasteiger partial charge on any atom is -0.383 e. The van der Waals surface area contributed by atoms with Gasteiger partial charge in [-0.25, -0.2) is 4.39 Å². The van der Waals surface area contributed by atoms with Crippen LogP contribution < -0.4 is 5.32 Å². The Balaban J connectivity index is 2.03. The molecule has 7 heteroatoms. The van der Waals surface area contributed by atoms with Crippen molar-refractivity contribution >= 4 is 27.3 Å². The third-order valence-corrected chi connectivity index (χ3v) is 3.77. The number of halogens is 2. The van der Waals surface area contributed by atoms with Gasteiger partial charge in [-0.15, -0.1) is 10.2 Å². The Bertz CT molecular complexity index is 529. The smallest absolute Gasteiger partial charge is 0.147 e. The summed E-state index contributed by atoms with van der Waals surface area (Å²) in [5, 5.41) is 12.9. The normalized spacial score (nSPS) is 10.9. The molecule has 19 heavy (non-hydrogen) atoms. The minimum absolute atomic E-state index is 0.292. The topological polar surface area (TPSA) is 47.0 Å². The summed E-state index contributed by atoms with van der Waals surface area (Å²) in [5.41, 5.74) is 0.729. The van der Waals surface area contributed by atoms with E-state index in [1.54, 1.807) is 7.11 Å². The molecule has 0 bridgehead atoms. The molecule has 1 aromatic carbocycles. The first-order valence-electron chi connectivity index (χ1n) is 5.67. The third-order valence-electron chi connectivity index (χ3n) is 2.34. The average molecular weight is 346 g/mol. The first kappa shape index (κ1) is 14.5. The van der Waals surface area contributed by atoms with E-state index in [1.807, 2.05) is 6.07 Å². The lowest BCUT2D eigenvalue weighted by atomic mass is 10.2. The van der Waals surface area contributed by atoms with Crippen LogP contribution in [-0.4, -0.2) is 30.5 Å². The molecule has 102 valence electrons. The van der Waals surface area contributed by atoms with E-state index in [0.717, 1.165) is 17.1 Å². The van der Waals surface area contributed by atoms with Crippen LogP contribution in [-0.2, 0) is 11.3 Å². The molecule has 0 saturated carbocycles. The average Bonchev–Trinajstić information content (AvgIpc) is 2.82. The summed E-state index contributed by atoms with van der Waals surface area (Å²) in [7, 11) is 1.66. The minimum atomic E-state index is -0.292. The van der Waals surface area contributed by atoms with E-state index in [4.69, 9.17) is 4.74 Å². The highest BCUT2D eigenvalue weighted by Gasteiger charge is 2.08. The van der Waals surface area contributed by atoms with Crippen molar-refractivity contribution in [3.8, 4) is 10.6 Å². The van der Waals surface area contributed by atoms with E-state index in [0.29, 0.717) is 22.6 Å². The van der Waals surface area contributed by atoms with Gasteiger partial charge in [-0.05, 0) is 18.2 Å². The van der Waals surface area contributed by atoms with Crippen LogP contribution in [0.1, 0.15) is 5.01 Å². The Morgan fingerprint density at radius 2 is 2.21 bits per heavy atom. The van der Waals surface area contributed by atoms with Crippen molar-refractivity contribution in [2.24, 2.45) is 0 Å². The molecule has 0 radical (unpaired) electrons. The van der Waals surface area contributed by atoms with Crippen LogP contribution in [0.2, 0.25) is 0 Å². The number of hydrogen-bond acceptors (Lipinski definition) is 5. The number of hydrogen-bond donors (Lipinski definition) is 1. The molecule has 0 unspecified atom stereocenters. The van der Waals surface area contributed by atoms with Gasteiger partial charge >= 0.3 is 0 Å². The Morgan fingerprint density at radius 3 is 2.95 bits per heavy atom. The monoisotopic (exact) mass is 345 g/mol. The number of nitrogens with zero attached hydrogens (tertiary/aromatic N) is 2. The number of rotatable bonds is 6. The molecular formula is C12H13BrFN3OS. The van der Waals surface area contributed by atoms with Crippen LogP contribution in [0, 0.1) is 5.82 Å². The van der Waals surface area contributed by atoms with Crippen molar-refractivity contribution < 1.29 is 9.13 Å². The zero-order chi connectivity index (χ0) is 13.7. The second-order valence-corrected chi connectivity index (χ2v) is 5.81. The van der Waals surface area contributed by atoms with Crippen molar-refractivity contribution in [1.82, 2.24) is 15.5 Å². The van der Waals surface area contributed by atoms with Gasteiger partial charge in [-0.3, -0.25) is 0 Å². The summed E-state index contributed by atoms with van der Waals surface area (Å²) in [6.45, 7) is 2.05. The second kappa shape index (κ2) is 7.04. The Morgan fingerprint density at radius 1 is 1.37 bits per heavy atom. The van der Waals surface area contributed by atoms with Gasteiger partial charge in [0.25, 0.3) is 0 Å². The van der Waals surface area contributed by atoms with Crippen LogP contribution in [0.25, 0.3) is 10.6 Å². The van der Waals surface area contributed by atoms with Crippen LogP contribution in [0.3, 0.4) is 0 Å². The Kier molecular flexibility index (Phi) is 5.38. The molecule has 0 aliphatic heterocycles. The highest BCUT2D eigenvalue weighted by atomic mass is 79.9. The molecule has 4 nitrogen and oxygen atoms in total.